The number of hydrogen-bond donors (Lipinski definition) is 3. The molecule has 0 radical (unpaired) electrons. The van der Waals surface area contributed by atoms with E-state index in [0.29, 0.717) is 18.5 Å². The summed E-state index contributed by atoms with van der Waals surface area (Å²) in [4.78, 5) is 35.0. The zero-order chi connectivity index (χ0) is 18.3. The number of aliphatic carboxylic acids is 1. The molecule has 1 aromatic rings. The maximum absolute atomic E-state index is 12.2. The van der Waals surface area contributed by atoms with Crippen LogP contribution in [-0.4, -0.2) is 28.9 Å². The molecule has 0 saturated carbocycles. The van der Waals surface area contributed by atoms with Crippen LogP contribution in [0.3, 0.4) is 0 Å². The Balaban J connectivity index is 2.69. The molecule has 2 amide bonds. The van der Waals surface area contributed by atoms with Crippen LogP contribution < -0.4 is 10.6 Å². The normalized spacial score (nSPS) is 13.2. The molecule has 0 fully saturated rings. The molecule has 1 aromatic carbocycles. The van der Waals surface area contributed by atoms with Crippen LogP contribution in [0.2, 0.25) is 0 Å². The van der Waals surface area contributed by atoms with Gasteiger partial charge < -0.3 is 15.7 Å². The summed E-state index contributed by atoms with van der Waals surface area (Å²) < 4.78 is 0. The fraction of sp³-hybridized carbons (Fsp3) is 0.500. The Hall–Kier alpha value is -2.37. The number of carboxylic acids is 1. The van der Waals surface area contributed by atoms with E-state index >= 15 is 0 Å². The Bertz CT molecular complexity index is 581. The predicted molar refractivity (Wildman–Crippen MR) is 91.5 cm³/mol. The van der Waals surface area contributed by atoms with Gasteiger partial charge in [-0.15, -0.1) is 0 Å². The summed E-state index contributed by atoms with van der Waals surface area (Å²) in [5, 5.41) is 14.6. The van der Waals surface area contributed by atoms with Crippen molar-refractivity contribution in [2.45, 2.75) is 46.7 Å². The first-order valence-electron chi connectivity index (χ1n) is 8.16. The van der Waals surface area contributed by atoms with Gasteiger partial charge in [0.2, 0.25) is 5.91 Å². The molecular formula is C18H26N2O4. The highest BCUT2D eigenvalue weighted by molar-refractivity contribution is 5.96. The zero-order valence-corrected chi connectivity index (χ0v) is 14.6. The van der Waals surface area contributed by atoms with Gasteiger partial charge >= 0.3 is 5.97 Å². The Morgan fingerprint density at radius 1 is 1.08 bits per heavy atom. The summed E-state index contributed by atoms with van der Waals surface area (Å²) in [5.41, 5.74) is 1.26. The first-order valence-corrected chi connectivity index (χ1v) is 8.16. The van der Waals surface area contributed by atoms with Crippen molar-refractivity contribution >= 4 is 17.8 Å². The lowest BCUT2D eigenvalue weighted by Gasteiger charge is -2.20. The van der Waals surface area contributed by atoms with E-state index in [0.717, 1.165) is 5.56 Å². The largest absolute Gasteiger partial charge is 0.480 e. The van der Waals surface area contributed by atoms with E-state index in [1.807, 2.05) is 20.8 Å². The maximum Gasteiger partial charge on any atom is 0.326 e. The van der Waals surface area contributed by atoms with Crippen molar-refractivity contribution in [2.75, 3.05) is 0 Å². The van der Waals surface area contributed by atoms with E-state index in [-0.39, 0.29) is 17.7 Å². The van der Waals surface area contributed by atoms with Gasteiger partial charge in [-0.25, -0.2) is 4.79 Å². The van der Waals surface area contributed by atoms with Crippen LogP contribution >= 0.6 is 0 Å². The number of carbonyl (C=O) groups excluding carboxylic acids is 2. The molecule has 1 rings (SSSR count). The molecule has 2 unspecified atom stereocenters. The number of benzene rings is 1. The molecule has 2 atom stereocenters. The molecule has 0 aliphatic rings. The average Bonchev–Trinajstić information content (AvgIpc) is 2.56. The van der Waals surface area contributed by atoms with E-state index < -0.39 is 17.9 Å². The third-order valence-corrected chi connectivity index (χ3v) is 3.97. The van der Waals surface area contributed by atoms with Crippen molar-refractivity contribution in [1.82, 2.24) is 10.6 Å². The van der Waals surface area contributed by atoms with Crippen molar-refractivity contribution in [3.05, 3.63) is 35.4 Å². The van der Waals surface area contributed by atoms with Crippen LogP contribution in [0.1, 0.15) is 50.0 Å². The molecular weight excluding hydrogens is 308 g/mol. The van der Waals surface area contributed by atoms with Crippen LogP contribution in [-0.2, 0) is 16.1 Å². The van der Waals surface area contributed by atoms with E-state index in [2.05, 4.69) is 10.6 Å². The summed E-state index contributed by atoms with van der Waals surface area (Å²) >= 11 is 0. The minimum Gasteiger partial charge on any atom is -0.480 e. The molecule has 0 heterocycles. The Kier molecular flexibility index (Phi) is 7.42. The van der Waals surface area contributed by atoms with Crippen molar-refractivity contribution in [3.63, 3.8) is 0 Å². The topological polar surface area (TPSA) is 95.5 Å². The Morgan fingerprint density at radius 2 is 1.67 bits per heavy atom. The molecule has 0 aliphatic carbocycles. The van der Waals surface area contributed by atoms with E-state index in [4.69, 9.17) is 0 Å². The van der Waals surface area contributed by atoms with Gasteiger partial charge in [0, 0.05) is 18.0 Å². The summed E-state index contributed by atoms with van der Waals surface area (Å²) in [5.74, 6) is -1.72. The number of carboxylic acid groups (broad SMARTS) is 1. The molecule has 6 heteroatoms. The molecule has 0 bridgehead atoms. The molecule has 6 nitrogen and oxygen atoms in total. The number of amides is 2. The van der Waals surface area contributed by atoms with Gasteiger partial charge in [0.25, 0.3) is 5.91 Å². The molecule has 132 valence electrons. The Morgan fingerprint density at radius 3 is 2.12 bits per heavy atom. The van der Waals surface area contributed by atoms with Gasteiger partial charge in [-0.3, -0.25) is 9.59 Å². The van der Waals surface area contributed by atoms with Crippen molar-refractivity contribution < 1.29 is 19.5 Å². The van der Waals surface area contributed by atoms with Gasteiger partial charge in [0.1, 0.15) is 6.04 Å². The lowest BCUT2D eigenvalue weighted by Crippen LogP contribution is -2.45. The smallest absolute Gasteiger partial charge is 0.326 e. The quantitative estimate of drug-likeness (QED) is 0.679. The highest BCUT2D eigenvalue weighted by atomic mass is 16.4. The summed E-state index contributed by atoms with van der Waals surface area (Å²) in [6.45, 7) is 7.70. The van der Waals surface area contributed by atoms with Crippen molar-refractivity contribution in [3.8, 4) is 0 Å². The number of carbonyl (C=O) groups is 3. The van der Waals surface area contributed by atoms with E-state index in [1.165, 1.54) is 0 Å². The van der Waals surface area contributed by atoms with Gasteiger partial charge in [-0.2, -0.15) is 0 Å². The second-order valence-electron chi connectivity index (χ2n) is 6.24. The molecule has 0 aromatic heterocycles. The van der Waals surface area contributed by atoms with E-state index in [9.17, 15) is 19.5 Å². The fourth-order valence-corrected chi connectivity index (χ4v) is 2.07. The fourth-order valence-electron chi connectivity index (χ4n) is 2.07. The van der Waals surface area contributed by atoms with Crippen LogP contribution in [0.15, 0.2) is 24.3 Å². The number of rotatable bonds is 8. The second kappa shape index (κ2) is 9.05. The number of hydrogen-bond acceptors (Lipinski definition) is 3. The zero-order valence-electron chi connectivity index (χ0n) is 14.6. The Labute approximate surface area is 142 Å². The summed E-state index contributed by atoms with van der Waals surface area (Å²) in [6, 6.07) is 5.83. The number of nitrogens with one attached hydrogen (secondary N) is 2. The van der Waals surface area contributed by atoms with Gasteiger partial charge in [0.15, 0.2) is 0 Å². The van der Waals surface area contributed by atoms with Crippen LogP contribution in [0, 0.1) is 11.8 Å². The molecule has 0 spiro atoms. The molecule has 3 N–H and O–H groups in total. The standard InChI is InChI=1S/C18H26N2O4/c1-5-12(4)15(18(23)24)20-17(22)14-8-6-13(7-9-14)10-19-16(21)11(2)3/h6-9,11-12,15H,5,10H2,1-4H3,(H,19,21)(H,20,22)(H,23,24). The summed E-state index contributed by atoms with van der Waals surface area (Å²) in [6.07, 6.45) is 0.658. The molecule has 24 heavy (non-hydrogen) atoms. The van der Waals surface area contributed by atoms with Gasteiger partial charge in [-0.05, 0) is 23.6 Å². The molecule has 0 aliphatic heterocycles. The van der Waals surface area contributed by atoms with Crippen molar-refractivity contribution in [2.24, 2.45) is 11.8 Å². The average molecular weight is 334 g/mol. The third-order valence-electron chi connectivity index (χ3n) is 3.97. The lowest BCUT2D eigenvalue weighted by atomic mass is 9.99. The van der Waals surface area contributed by atoms with Crippen LogP contribution in [0.4, 0.5) is 0 Å². The van der Waals surface area contributed by atoms with E-state index in [1.54, 1.807) is 31.2 Å². The highest BCUT2D eigenvalue weighted by Crippen LogP contribution is 2.10. The van der Waals surface area contributed by atoms with Gasteiger partial charge in [0.05, 0.1) is 0 Å². The second-order valence-corrected chi connectivity index (χ2v) is 6.24. The highest BCUT2D eigenvalue weighted by Gasteiger charge is 2.25. The lowest BCUT2D eigenvalue weighted by molar-refractivity contribution is -0.140. The maximum atomic E-state index is 12.2. The SMILES string of the molecule is CCC(C)C(NC(=O)c1ccc(CNC(=O)C(C)C)cc1)C(=O)O. The predicted octanol–water partition coefficient (Wildman–Crippen LogP) is 2.19. The van der Waals surface area contributed by atoms with Gasteiger partial charge in [-0.1, -0.05) is 46.2 Å². The van der Waals surface area contributed by atoms with Crippen LogP contribution in [0.25, 0.3) is 0 Å². The van der Waals surface area contributed by atoms with Crippen LogP contribution in [0.5, 0.6) is 0 Å². The minimum atomic E-state index is -1.04. The summed E-state index contributed by atoms with van der Waals surface area (Å²) in [7, 11) is 0. The monoisotopic (exact) mass is 334 g/mol. The third kappa shape index (κ3) is 5.68. The first kappa shape index (κ1) is 19.7. The first-order chi connectivity index (χ1) is 11.3. The van der Waals surface area contributed by atoms with Crippen molar-refractivity contribution in [1.29, 1.82) is 0 Å². The minimum absolute atomic E-state index is 0.0327. The molecule has 0 saturated heterocycles.